The third-order valence-electron chi connectivity index (χ3n) is 4.51. The Bertz CT molecular complexity index is 778. The van der Waals surface area contributed by atoms with Crippen LogP contribution in [0.3, 0.4) is 0 Å². The van der Waals surface area contributed by atoms with Gasteiger partial charge in [0.25, 0.3) is 5.91 Å². The second-order valence-corrected chi connectivity index (χ2v) is 6.16. The Hall–Kier alpha value is -2.63. The van der Waals surface area contributed by atoms with Crippen LogP contribution in [-0.4, -0.2) is 33.6 Å². The number of benzene rings is 1. The number of carbonyl (C=O) groups excluding carboxylic acids is 1. The minimum absolute atomic E-state index is 0.150. The first-order valence-corrected chi connectivity index (χ1v) is 7.70. The smallest absolute Gasteiger partial charge is 0.312 e. The Labute approximate surface area is 132 Å². The van der Waals surface area contributed by atoms with E-state index in [4.69, 9.17) is 4.52 Å². The molecule has 2 aliphatic rings. The van der Waals surface area contributed by atoms with Crippen molar-refractivity contribution >= 4 is 11.9 Å². The van der Waals surface area contributed by atoms with Crippen molar-refractivity contribution in [3.8, 4) is 0 Å². The number of aromatic nitrogens is 1. The monoisotopic (exact) mass is 312 g/mol. The topological polar surface area (TPSA) is 83.6 Å². The predicted molar refractivity (Wildman–Crippen MR) is 80.0 cm³/mol. The second-order valence-electron chi connectivity index (χ2n) is 6.16. The van der Waals surface area contributed by atoms with E-state index >= 15 is 0 Å². The molecule has 1 fully saturated rings. The molecule has 1 atom stereocenters. The lowest BCUT2D eigenvalue weighted by molar-refractivity contribution is -0.139. The number of nitrogens with zero attached hydrogens (tertiary/aromatic N) is 2. The van der Waals surface area contributed by atoms with Crippen LogP contribution >= 0.6 is 0 Å². The minimum atomic E-state index is -0.922. The lowest BCUT2D eigenvalue weighted by Gasteiger charge is -2.32. The van der Waals surface area contributed by atoms with Crippen LogP contribution in [-0.2, 0) is 11.3 Å². The number of hydrogen-bond donors (Lipinski definition) is 1. The summed E-state index contributed by atoms with van der Waals surface area (Å²) in [5, 5.41) is 13.3. The van der Waals surface area contributed by atoms with Crippen LogP contribution in [0.2, 0.25) is 0 Å². The summed E-state index contributed by atoms with van der Waals surface area (Å²) in [4.78, 5) is 25.7. The van der Waals surface area contributed by atoms with Gasteiger partial charge < -0.3 is 14.5 Å². The van der Waals surface area contributed by atoms with E-state index in [2.05, 4.69) is 5.16 Å². The molecule has 1 amide bonds. The van der Waals surface area contributed by atoms with Crippen LogP contribution in [0.1, 0.15) is 52.1 Å². The number of aliphatic carboxylic acids is 1. The zero-order chi connectivity index (χ0) is 16.0. The average Bonchev–Trinajstić information content (AvgIpc) is 3.30. The van der Waals surface area contributed by atoms with Crippen LogP contribution in [0.5, 0.6) is 0 Å². The van der Waals surface area contributed by atoms with Crippen LogP contribution in [0.4, 0.5) is 0 Å². The van der Waals surface area contributed by atoms with Crippen molar-refractivity contribution in [3.05, 3.63) is 52.9 Å². The van der Waals surface area contributed by atoms with E-state index in [9.17, 15) is 14.7 Å². The first-order valence-electron chi connectivity index (χ1n) is 7.70. The van der Waals surface area contributed by atoms with E-state index in [0.29, 0.717) is 12.5 Å². The van der Waals surface area contributed by atoms with Crippen molar-refractivity contribution in [3.63, 3.8) is 0 Å². The fourth-order valence-electron chi connectivity index (χ4n) is 3.09. The molecule has 1 aromatic heterocycles. The summed E-state index contributed by atoms with van der Waals surface area (Å²) in [6.07, 6.45) is 2.14. The Morgan fingerprint density at radius 3 is 2.78 bits per heavy atom. The molecule has 1 saturated carbocycles. The highest BCUT2D eigenvalue weighted by atomic mass is 16.5. The SMILES string of the molecule is O=C(O)C1CN(C(=O)c2cc(C3CC3)on2)Cc2ccccc21. The van der Waals surface area contributed by atoms with E-state index in [-0.39, 0.29) is 18.1 Å². The number of carbonyl (C=O) groups is 2. The van der Waals surface area contributed by atoms with Crippen molar-refractivity contribution in [2.24, 2.45) is 0 Å². The van der Waals surface area contributed by atoms with Gasteiger partial charge in [0.15, 0.2) is 5.69 Å². The first kappa shape index (κ1) is 14.0. The second kappa shape index (κ2) is 5.22. The number of rotatable bonds is 3. The summed E-state index contributed by atoms with van der Waals surface area (Å²) >= 11 is 0. The Morgan fingerprint density at radius 1 is 1.26 bits per heavy atom. The van der Waals surface area contributed by atoms with Gasteiger partial charge in [0.2, 0.25) is 0 Å². The van der Waals surface area contributed by atoms with Gasteiger partial charge in [-0.25, -0.2) is 0 Å². The maximum Gasteiger partial charge on any atom is 0.312 e. The third kappa shape index (κ3) is 2.50. The van der Waals surface area contributed by atoms with Crippen LogP contribution in [0.15, 0.2) is 34.9 Å². The summed E-state index contributed by atoms with van der Waals surface area (Å²) in [6.45, 7) is 0.543. The van der Waals surface area contributed by atoms with Gasteiger partial charge in [0.1, 0.15) is 5.76 Å². The highest BCUT2D eigenvalue weighted by Crippen LogP contribution is 2.40. The molecule has 1 aliphatic carbocycles. The van der Waals surface area contributed by atoms with Gasteiger partial charge >= 0.3 is 5.97 Å². The summed E-state index contributed by atoms with van der Waals surface area (Å²) in [6, 6.07) is 9.05. The van der Waals surface area contributed by atoms with E-state index in [0.717, 1.165) is 29.7 Å². The summed E-state index contributed by atoms with van der Waals surface area (Å²) < 4.78 is 5.23. The molecular formula is C17H16N2O4. The lowest BCUT2D eigenvalue weighted by atomic mass is 9.89. The molecule has 6 nitrogen and oxygen atoms in total. The quantitative estimate of drug-likeness (QED) is 0.940. The van der Waals surface area contributed by atoms with Gasteiger partial charge in [0, 0.05) is 25.1 Å². The van der Waals surface area contributed by atoms with E-state index in [1.807, 2.05) is 24.3 Å². The van der Waals surface area contributed by atoms with Crippen LogP contribution in [0, 0.1) is 0 Å². The molecule has 6 heteroatoms. The minimum Gasteiger partial charge on any atom is -0.481 e. The van der Waals surface area contributed by atoms with E-state index in [1.165, 1.54) is 4.90 Å². The van der Waals surface area contributed by atoms with Gasteiger partial charge in [-0.05, 0) is 24.0 Å². The summed E-state index contributed by atoms with van der Waals surface area (Å²) in [5.74, 6) is -0.771. The van der Waals surface area contributed by atoms with Crippen LogP contribution in [0.25, 0.3) is 0 Å². The molecule has 1 unspecified atom stereocenters. The molecule has 2 heterocycles. The average molecular weight is 312 g/mol. The molecule has 2 aromatic rings. The fourth-order valence-corrected chi connectivity index (χ4v) is 3.09. The van der Waals surface area contributed by atoms with Gasteiger partial charge in [-0.3, -0.25) is 9.59 Å². The largest absolute Gasteiger partial charge is 0.481 e. The molecule has 1 N–H and O–H groups in total. The fraction of sp³-hybridized carbons (Fsp3) is 0.353. The van der Waals surface area contributed by atoms with E-state index in [1.54, 1.807) is 6.07 Å². The molecule has 0 saturated heterocycles. The molecule has 0 spiro atoms. The third-order valence-corrected chi connectivity index (χ3v) is 4.51. The normalized spacial score (nSPS) is 20.2. The zero-order valence-corrected chi connectivity index (χ0v) is 12.4. The number of fused-ring (bicyclic) bond motifs is 1. The number of amides is 1. The molecule has 1 aromatic carbocycles. The number of carboxylic acid groups (broad SMARTS) is 1. The number of carboxylic acids is 1. The van der Waals surface area contributed by atoms with Gasteiger partial charge in [-0.1, -0.05) is 29.4 Å². The predicted octanol–water partition coefficient (Wildman–Crippen LogP) is 2.38. The Morgan fingerprint density at radius 2 is 2.04 bits per heavy atom. The molecule has 23 heavy (non-hydrogen) atoms. The molecule has 4 rings (SSSR count). The van der Waals surface area contributed by atoms with Crippen LogP contribution < -0.4 is 0 Å². The highest BCUT2D eigenvalue weighted by molar-refractivity contribution is 5.93. The first-order chi connectivity index (χ1) is 11.1. The van der Waals surface area contributed by atoms with Crippen molar-refractivity contribution in [1.82, 2.24) is 10.1 Å². The lowest BCUT2D eigenvalue weighted by Crippen LogP contribution is -2.40. The van der Waals surface area contributed by atoms with Crippen molar-refractivity contribution in [1.29, 1.82) is 0 Å². The van der Waals surface area contributed by atoms with E-state index < -0.39 is 11.9 Å². The van der Waals surface area contributed by atoms with Crippen molar-refractivity contribution in [2.75, 3.05) is 6.54 Å². The summed E-state index contributed by atoms with van der Waals surface area (Å²) in [7, 11) is 0. The molecule has 0 bridgehead atoms. The highest BCUT2D eigenvalue weighted by Gasteiger charge is 2.35. The summed E-state index contributed by atoms with van der Waals surface area (Å²) in [5.41, 5.74) is 1.91. The maximum absolute atomic E-state index is 12.6. The Kier molecular flexibility index (Phi) is 3.18. The number of hydrogen-bond acceptors (Lipinski definition) is 4. The molecular weight excluding hydrogens is 296 g/mol. The Balaban J connectivity index is 1.61. The van der Waals surface area contributed by atoms with Gasteiger partial charge in [-0.15, -0.1) is 0 Å². The van der Waals surface area contributed by atoms with Crippen molar-refractivity contribution < 1.29 is 19.2 Å². The van der Waals surface area contributed by atoms with Crippen molar-refractivity contribution in [2.45, 2.75) is 31.2 Å². The maximum atomic E-state index is 12.6. The van der Waals surface area contributed by atoms with Gasteiger partial charge in [-0.2, -0.15) is 0 Å². The zero-order valence-electron chi connectivity index (χ0n) is 12.4. The standard InChI is InChI=1S/C17H16N2O4/c20-16(14-7-15(23-18-14)10-5-6-10)19-8-11-3-1-2-4-12(11)13(9-19)17(21)22/h1-4,7,10,13H,5-6,8-9H2,(H,21,22). The molecule has 118 valence electrons. The molecule has 0 radical (unpaired) electrons. The molecule has 1 aliphatic heterocycles. The van der Waals surface area contributed by atoms with Gasteiger partial charge in [0.05, 0.1) is 5.92 Å².